The molecule has 104 valence electrons. The Hall–Kier alpha value is -1.14. The number of carbonyl (C=O) groups excluding carboxylic acids is 2. The lowest BCUT2D eigenvalue weighted by Gasteiger charge is -2.27. The second-order valence-electron chi connectivity index (χ2n) is 4.54. The molecule has 2 N–H and O–H groups in total. The van der Waals surface area contributed by atoms with Crippen molar-refractivity contribution < 1.29 is 14.3 Å². The summed E-state index contributed by atoms with van der Waals surface area (Å²) < 4.78 is 4.83. The second-order valence-corrected chi connectivity index (χ2v) is 4.54. The summed E-state index contributed by atoms with van der Waals surface area (Å²) in [5, 5.41) is 5.88. The third kappa shape index (κ3) is 5.01. The first-order chi connectivity index (χ1) is 8.65. The molecular weight excluding hydrogens is 234 g/mol. The lowest BCUT2D eigenvalue weighted by Crippen LogP contribution is -2.49. The van der Waals surface area contributed by atoms with Gasteiger partial charge in [-0.05, 0) is 19.4 Å². The van der Waals surface area contributed by atoms with Crippen molar-refractivity contribution in [3.8, 4) is 0 Å². The SMILES string of the molecule is COCCNC(=O)CN(C)C(=O)[C@@H]1CCCCN1. The predicted molar refractivity (Wildman–Crippen MR) is 68.2 cm³/mol. The molecule has 2 amide bonds. The van der Waals surface area contributed by atoms with Crippen molar-refractivity contribution in [3.05, 3.63) is 0 Å². The smallest absolute Gasteiger partial charge is 0.239 e. The van der Waals surface area contributed by atoms with E-state index >= 15 is 0 Å². The van der Waals surface area contributed by atoms with Gasteiger partial charge in [0, 0.05) is 20.7 Å². The fourth-order valence-electron chi connectivity index (χ4n) is 1.97. The first-order valence-corrected chi connectivity index (χ1v) is 6.39. The van der Waals surface area contributed by atoms with E-state index in [-0.39, 0.29) is 24.4 Å². The highest BCUT2D eigenvalue weighted by atomic mass is 16.5. The van der Waals surface area contributed by atoms with Gasteiger partial charge >= 0.3 is 0 Å². The van der Waals surface area contributed by atoms with Crippen molar-refractivity contribution in [1.29, 1.82) is 0 Å². The van der Waals surface area contributed by atoms with E-state index in [4.69, 9.17) is 4.74 Å². The fourth-order valence-corrected chi connectivity index (χ4v) is 1.97. The summed E-state index contributed by atoms with van der Waals surface area (Å²) in [6, 6.07) is -0.129. The zero-order chi connectivity index (χ0) is 13.4. The molecule has 1 aliphatic heterocycles. The maximum Gasteiger partial charge on any atom is 0.239 e. The van der Waals surface area contributed by atoms with Crippen LogP contribution in [0, 0.1) is 0 Å². The normalized spacial score (nSPS) is 19.3. The molecular formula is C12H23N3O3. The van der Waals surface area contributed by atoms with Gasteiger partial charge in [0.15, 0.2) is 0 Å². The van der Waals surface area contributed by atoms with E-state index in [9.17, 15) is 9.59 Å². The van der Waals surface area contributed by atoms with Crippen molar-refractivity contribution in [2.75, 3.05) is 40.4 Å². The van der Waals surface area contributed by atoms with Crippen LogP contribution in [-0.4, -0.2) is 63.2 Å². The highest BCUT2D eigenvalue weighted by Crippen LogP contribution is 2.08. The molecule has 1 heterocycles. The lowest BCUT2D eigenvalue weighted by molar-refractivity contribution is -0.136. The molecule has 1 aliphatic rings. The van der Waals surface area contributed by atoms with Crippen molar-refractivity contribution in [3.63, 3.8) is 0 Å². The van der Waals surface area contributed by atoms with E-state index in [0.717, 1.165) is 25.8 Å². The van der Waals surface area contributed by atoms with Crippen LogP contribution >= 0.6 is 0 Å². The van der Waals surface area contributed by atoms with Gasteiger partial charge in [-0.3, -0.25) is 9.59 Å². The molecule has 6 nitrogen and oxygen atoms in total. The molecule has 0 aromatic carbocycles. The number of amides is 2. The summed E-state index contributed by atoms with van der Waals surface area (Å²) in [6.45, 7) is 1.93. The number of hydrogen-bond donors (Lipinski definition) is 2. The zero-order valence-electron chi connectivity index (χ0n) is 11.2. The minimum Gasteiger partial charge on any atom is -0.383 e. The molecule has 1 atom stereocenters. The molecule has 6 heteroatoms. The molecule has 18 heavy (non-hydrogen) atoms. The lowest BCUT2D eigenvalue weighted by atomic mass is 10.0. The van der Waals surface area contributed by atoms with Gasteiger partial charge in [0.1, 0.15) is 0 Å². The quantitative estimate of drug-likeness (QED) is 0.620. The van der Waals surface area contributed by atoms with E-state index < -0.39 is 0 Å². The molecule has 1 fully saturated rings. The summed E-state index contributed by atoms with van der Waals surface area (Å²) in [5.74, 6) is -0.157. The molecule has 0 aliphatic carbocycles. The van der Waals surface area contributed by atoms with E-state index in [2.05, 4.69) is 10.6 Å². The Labute approximate surface area is 108 Å². The Bertz CT molecular complexity index is 278. The summed E-state index contributed by atoms with van der Waals surface area (Å²) in [4.78, 5) is 25.0. The van der Waals surface area contributed by atoms with Crippen LogP contribution in [0.3, 0.4) is 0 Å². The Morgan fingerprint density at radius 2 is 2.22 bits per heavy atom. The molecule has 0 aromatic rings. The van der Waals surface area contributed by atoms with Gasteiger partial charge in [-0.1, -0.05) is 6.42 Å². The monoisotopic (exact) mass is 257 g/mol. The molecule has 1 saturated heterocycles. The predicted octanol–water partition coefficient (Wildman–Crippen LogP) is -0.650. The van der Waals surface area contributed by atoms with Crippen molar-refractivity contribution >= 4 is 11.8 Å². The molecule has 0 aromatic heterocycles. The minimum atomic E-state index is -0.154. The summed E-state index contributed by atoms with van der Waals surface area (Å²) in [7, 11) is 3.24. The average molecular weight is 257 g/mol. The first kappa shape index (κ1) is 14.9. The van der Waals surface area contributed by atoms with Crippen LogP contribution in [-0.2, 0) is 14.3 Å². The molecule has 0 unspecified atom stereocenters. The Balaban J connectivity index is 2.27. The number of hydrogen-bond acceptors (Lipinski definition) is 4. The van der Waals surface area contributed by atoms with Crippen molar-refractivity contribution in [2.24, 2.45) is 0 Å². The topological polar surface area (TPSA) is 70.7 Å². The highest BCUT2D eigenvalue weighted by molar-refractivity contribution is 5.87. The maximum absolute atomic E-state index is 12.0. The second kappa shape index (κ2) is 8.05. The number of methoxy groups -OCH3 is 1. The minimum absolute atomic E-state index is 0.00316. The van der Waals surface area contributed by atoms with Gasteiger partial charge in [0.25, 0.3) is 0 Å². The van der Waals surface area contributed by atoms with Crippen LogP contribution in [0.2, 0.25) is 0 Å². The molecule has 1 rings (SSSR count). The van der Waals surface area contributed by atoms with Gasteiger partial charge in [-0.2, -0.15) is 0 Å². The number of nitrogens with one attached hydrogen (secondary N) is 2. The van der Waals surface area contributed by atoms with Gasteiger partial charge < -0.3 is 20.3 Å². The van der Waals surface area contributed by atoms with Crippen LogP contribution in [0.5, 0.6) is 0 Å². The third-order valence-electron chi connectivity index (χ3n) is 2.99. The molecule has 0 saturated carbocycles. The van der Waals surface area contributed by atoms with Gasteiger partial charge in [-0.15, -0.1) is 0 Å². The number of piperidine rings is 1. The molecule has 0 radical (unpaired) electrons. The summed E-state index contributed by atoms with van der Waals surface area (Å²) in [5.41, 5.74) is 0. The maximum atomic E-state index is 12.0. The number of ether oxygens (including phenoxy) is 1. The van der Waals surface area contributed by atoms with E-state index in [1.54, 1.807) is 14.2 Å². The van der Waals surface area contributed by atoms with Gasteiger partial charge in [0.05, 0.1) is 19.2 Å². The van der Waals surface area contributed by atoms with E-state index in [1.165, 1.54) is 4.90 Å². The standard InChI is InChI=1S/C12H23N3O3/c1-15(9-11(16)14-7-8-18-2)12(17)10-5-3-4-6-13-10/h10,13H,3-9H2,1-2H3,(H,14,16)/t10-/m0/s1. The Morgan fingerprint density at radius 3 is 2.83 bits per heavy atom. The highest BCUT2D eigenvalue weighted by Gasteiger charge is 2.24. The third-order valence-corrected chi connectivity index (χ3v) is 2.99. The Kier molecular flexibility index (Phi) is 6.67. The zero-order valence-corrected chi connectivity index (χ0v) is 11.2. The van der Waals surface area contributed by atoms with E-state index in [0.29, 0.717) is 13.2 Å². The first-order valence-electron chi connectivity index (χ1n) is 6.39. The largest absolute Gasteiger partial charge is 0.383 e. The summed E-state index contributed by atoms with van der Waals surface area (Å²) in [6.07, 6.45) is 3.04. The van der Waals surface area contributed by atoms with Crippen LogP contribution in [0.4, 0.5) is 0 Å². The number of nitrogens with zero attached hydrogens (tertiary/aromatic N) is 1. The van der Waals surface area contributed by atoms with E-state index in [1.807, 2.05) is 0 Å². The Morgan fingerprint density at radius 1 is 1.44 bits per heavy atom. The van der Waals surface area contributed by atoms with Crippen molar-refractivity contribution in [1.82, 2.24) is 15.5 Å². The number of carbonyl (C=O) groups is 2. The van der Waals surface area contributed by atoms with Crippen LogP contribution < -0.4 is 10.6 Å². The van der Waals surface area contributed by atoms with Gasteiger partial charge in [-0.25, -0.2) is 0 Å². The van der Waals surface area contributed by atoms with Crippen LogP contribution in [0.1, 0.15) is 19.3 Å². The molecule has 0 bridgehead atoms. The van der Waals surface area contributed by atoms with Crippen LogP contribution in [0.15, 0.2) is 0 Å². The number of likely N-dealkylation sites (N-methyl/N-ethyl adjacent to an activating group) is 1. The summed E-state index contributed by atoms with van der Waals surface area (Å²) >= 11 is 0. The van der Waals surface area contributed by atoms with Crippen molar-refractivity contribution in [2.45, 2.75) is 25.3 Å². The number of rotatable bonds is 6. The fraction of sp³-hybridized carbons (Fsp3) is 0.833. The average Bonchev–Trinajstić information content (AvgIpc) is 2.39. The van der Waals surface area contributed by atoms with Crippen LogP contribution in [0.25, 0.3) is 0 Å². The van der Waals surface area contributed by atoms with Gasteiger partial charge in [0.2, 0.25) is 11.8 Å². The molecule has 0 spiro atoms.